The van der Waals surface area contributed by atoms with Crippen molar-refractivity contribution < 1.29 is 0 Å². The van der Waals surface area contributed by atoms with Crippen LogP contribution < -0.4 is 0 Å². The number of hydrogen-bond donors (Lipinski definition) is 0. The van der Waals surface area contributed by atoms with Crippen LogP contribution in [-0.4, -0.2) is 24.3 Å². The van der Waals surface area contributed by atoms with Crippen molar-refractivity contribution in [3.05, 3.63) is 65.2 Å². The van der Waals surface area contributed by atoms with Crippen molar-refractivity contribution in [1.29, 1.82) is 0 Å². The van der Waals surface area contributed by atoms with Gasteiger partial charge in [-0.3, -0.25) is 0 Å². The fraction of sp³-hybridized carbons (Fsp3) is 0.312. The molecule has 1 atom stereocenters. The van der Waals surface area contributed by atoms with Gasteiger partial charge in [-0.2, -0.15) is 5.10 Å². The monoisotopic (exact) mass is 315 g/mol. The molecule has 0 spiro atoms. The van der Waals surface area contributed by atoms with Crippen LogP contribution in [0.1, 0.15) is 30.2 Å². The molecular formula is C16H18ClN5. The SMILES string of the molecule is Cc1nccn1C(C)Cc1ncnn1Cc1ccccc1Cl. The molecule has 114 valence electrons. The maximum Gasteiger partial charge on any atom is 0.138 e. The average Bonchev–Trinajstić information content (AvgIpc) is 3.11. The molecular weight excluding hydrogens is 298 g/mol. The molecule has 2 heterocycles. The zero-order chi connectivity index (χ0) is 15.5. The maximum absolute atomic E-state index is 6.23. The van der Waals surface area contributed by atoms with Gasteiger partial charge in [-0.05, 0) is 25.5 Å². The summed E-state index contributed by atoms with van der Waals surface area (Å²) in [5.74, 6) is 1.95. The van der Waals surface area contributed by atoms with Crippen molar-refractivity contribution in [3.8, 4) is 0 Å². The highest BCUT2D eigenvalue weighted by atomic mass is 35.5. The standard InChI is InChI=1S/C16H18ClN5/c1-12(21-8-7-18-13(21)2)9-16-19-11-20-22(16)10-14-5-3-4-6-15(14)17/h3-8,11-12H,9-10H2,1-2H3. The third kappa shape index (κ3) is 3.04. The molecule has 22 heavy (non-hydrogen) atoms. The molecule has 0 aliphatic heterocycles. The highest BCUT2D eigenvalue weighted by molar-refractivity contribution is 6.31. The van der Waals surface area contributed by atoms with E-state index in [0.29, 0.717) is 6.54 Å². The maximum atomic E-state index is 6.23. The minimum Gasteiger partial charge on any atom is -0.332 e. The summed E-state index contributed by atoms with van der Waals surface area (Å²) in [5.41, 5.74) is 1.04. The molecule has 1 unspecified atom stereocenters. The number of halogens is 1. The molecule has 0 saturated carbocycles. The van der Waals surface area contributed by atoms with E-state index in [1.54, 1.807) is 6.33 Å². The van der Waals surface area contributed by atoms with E-state index in [1.165, 1.54) is 0 Å². The number of benzene rings is 1. The summed E-state index contributed by atoms with van der Waals surface area (Å²) in [6, 6.07) is 8.09. The first kappa shape index (κ1) is 14.8. The number of nitrogens with zero attached hydrogens (tertiary/aromatic N) is 5. The highest BCUT2D eigenvalue weighted by Gasteiger charge is 2.13. The predicted molar refractivity (Wildman–Crippen MR) is 86.0 cm³/mol. The third-order valence-electron chi connectivity index (χ3n) is 3.79. The van der Waals surface area contributed by atoms with Crippen LogP contribution in [0.25, 0.3) is 0 Å². The van der Waals surface area contributed by atoms with Gasteiger partial charge in [-0.25, -0.2) is 14.6 Å². The van der Waals surface area contributed by atoms with E-state index < -0.39 is 0 Å². The molecule has 1 aromatic carbocycles. The van der Waals surface area contributed by atoms with Crippen LogP contribution in [0.4, 0.5) is 0 Å². The van der Waals surface area contributed by atoms with Crippen LogP contribution in [0.15, 0.2) is 43.0 Å². The van der Waals surface area contributed by atoms with E-state index in [1.807, 2.05) is 48.3 Å². The van der Waals surface area contributed by atoms with Gasteiger partial charge in [-0.1, -0.05) is 29.8 Å². The third-order valence-corrected chi connectivity index (χ3v) is 4.16. The number of aromatic nitrogens is 5. The molecule has 0 aliphatic rings. The minimum atomic E-state index is 0.275. The van der Waals surface area contributed by atoms with E-state index in [2.05, 4.69) is 26.6 Å². The first-order valence-electron chi connectivity index (χ1n) is 7.24. The van der Waals surface area contributed by atoms with Gasteiger partial charge in [0.15, 0.2) is 0 Å². The zero-order valence-electron chi connectivity index (χ0n) is 12.6. The quantitative estimate of drug-likeness (QED) is 0.726. The lowest BCUT2D eigenvalue weighted by molar-refractivity contribution is 0.497. The van der Waals surface area contributed by atoms with Crippen molar-refractivity contribution >= 4 is 11.6 Å². The van der Waals surface area contributed by atoms with Crippen LogP contribution in [0.3, 0.4) is 0 Å². The molecule has 0 fully saturated rings. The molecule has 5 nitrogen and oxygen atoms in total. The second kappa shape index (κ2) is 6.32. The van der Waals surface area contributed by atoms with Gasteiger partial charge < -0.3 is 4.57 Å². The van der Waals surface area contributed by atoms with E-state index in [-0.39, 0.29) is 6.04 Å². The van der Waals surface area contributed by atoms with Gasteiger partial charge in [0.25, 0.3) is 0 Å². The predicted octanol–water partition coefficient (Wildman–Crippen LogP) is 3.29. The Morgan fingerprint density at radius 2 is 2.05 bits per heavy atom. The average molecular weight is 316 g/mol. The van der Waals surface area contributed by atoms with Crippen molar-refractivity contribution in [2.45, 2.75) is 32.9 Å². The Balaban J connectivity index is 1.78. The Hall–Kier alpha value is -2.14. The van der Waals surface area contributed by atoms with Crippen LogP contribution in [0.2, 0.25) is 5.02 Å². The largest absolute Gasteiger partial charge is 0.332 e. The molecule has 0 saturated heterocycles. The Morgan fingerprint density at radius 1 is 1.23 bits per heavy atom. The van der Waals surface area contributed by atoms with E-state index in [9.17, 15) is 0 Å². The summed E-state index contributed by atoms with van der Waals surface area (Å²) in [5, 5.41) is 5.08. The smallest absolute Gasteiger partial charge is 0.138 e. The lowest BCUT2D eigenvalue weighted by Gasteiger charge is -2.15. The number of hydrogen-bond acceptors (Lipinski definition) is 3. The fourth-order valence-corrected chi connectivity index (χ4v) is 2.78. The van der Waals surface area contributed by atoms with Gasteiger partial charge in [0.1, 0.15) is 18.0 Å². The second-order valence-electron chi connectivity index (χ2n) is 5.36. The summed E-state index contributed by atoms with van der Waals surface area (Å²) in [6.07, 6.45) is 6.20. The molecule has 0 amide bonds. The topological polar surface area (TPSA) is 48.5 Å². The van der Waals surface area contributed by atoms with E-state index in [4.69, 9.17) is 11.6 Å². The Bertz CT molecular complexity index is 761. The molecule has 3 aromatic rings. The summed E-state index contributed by atoms with van der Waals surface area (Å²) < 4.78 is 4.05. The summed E-state index contributed by atoms with van der Waals surface area (Å²) in [7, 11) is 0. The summed E-state index contributed by atoms with van der Waals surface area (Å²) >= 11 is 6.23. The summed E-state index contributed by atoms with van der Waals surface area (Å²) in [4.78, 5) is 8.67. The Kier molecular flexibility index (Phi) is 4.24. The second-order valence-corrected chi connectivity index (χ2v) is 5.77. The van der Waals surface area contributed by atoms with Gasteiger partial charge in [0.2, 0.25) is 0 Å². The molecule has 3 rings (SSSR count). The molecule has 0 N–H and O–H groups in total. The number of imidazole rings is 1. The van der Waals surface area contributed by atoms with Crippen LogP contribution in [-0.2, 0) is 13.0 Å². The minimum absolute atomic E-state index is 0.275. The normalized spacial score (nSPS) is 12.5. The first-order valence-corrected chi connectivity index (χ1v) is 7.62. The van der Waals surface area contributed by atoms with Gasteiger partial charge in [-0.15, -0.1) is 0 Å². The lowest BCUT2D eigenvalue weighted by atomic mass is 10.2. The Labute approximate surface area is 134 Å². The zero-order valence-corrected chi connectivity index (χ0v) is 13.4. The molecule has 0 bridgehead atoms. The first-order chi connectivity index (χ1) is 10.6. The van der Waals surface area contributed by atoms with E-state index in [0.717, 1.165) is 28.7 Å². The number of rotatable bonds is 5. The Morgan fingerprint density at radius 3 is 2.77 bits per heavy atom. The van der Waals surface area contributed by atoms with Gasteiger partial charge >= 0.3 is 0 Å². The lowest BCUT2D eigenvalue weighted by Crippen LogP contribution is -2.14. The summed E-state index contributed by atoms with van der Waals surface area (Å²) in [6.45, 7) is 4.79. The van der Waals surface area contributed by atoms with Crippen LogP contribution >= 0.6 is 11.6 Å². The van der Waals surface area contributed by atoms with Gasteiger partial charge in [0.05, 0.1) is 6.54 Å². The van der Waals surface area contributed by atoms with Crippen molar-refractivity contribution in [2.75, 3.05) is 0 Å². The molecule has 0 aliphatic carbocycles. The van der Waals surface area contributed by atoms with Crippen molar-refractivity contribution in [2.24, 2.45) is 0 Å². The molecule has 6 heteroatoms. The van der Waals surface area contributed by atoms with Crippen molar-refractivity contribution in [1.82, 2.24) is 24.3 Å². The fourth-order valence-electron chi connectivity index (χ4n) is 2.58. The van der Waals surface area contributed by atoms with Crippen molar-refractivity contribution in [3.63, 3.8) is 0 Å². The molecule has 2 aromatic heterocycles. The van der Waals surface area contributed by atoms with Gasteiger partial charge in [0, 0.05) is 29.9 Å². The highest BCUT2D eigenvalue weighted by Crippen LogP contribution is 2.18. The molecule has 0 radical (unpaired) electrons. The number of aryl methyl sites for hydroxylation is 1. The van der Waals surface area contributed by atoms with Crippen LogP contribution in [0, 0.1) is 6.92 Å². The van der Waals surface area contributed by atoms with E-state index >= 15 is 0 Å². The van der Waals surface area contributed by atoms with Crippen LogP contribution in [0.5, 0.6) is 0 Å².